The standard InChI is InChI=1S/C15H19N3O/c1-9-8-14(18-15(19)10(2)11(3)16)12-6-4-5-7-13(12)17-9/h4-8,10-11H,16H2,1-3H3,(H,17,18,19). The predicted molar refractivity (Wildman–Crippen MR) is 77.9 cm³/mol. The van der Waals surface area contributed by atoms with Gasteiger partial charge in [0.25, 0.3) is 0 Å². The lowest BCUT2D eigenvalue weighted by molar-refractivity contribution is -0.119. The van der Waals surface area contributed by atoms with Crippen molar-refractivity contribution in [2.24, 2.45) is 11.7 Å². The van der Waals surface area contributed by atoms with Gasteiger partial charge >= 0.3 is 0 Å². The number of anilines is 1. The SMILES string of the molecule is Cc1cc(NC(=O)C(C)C(C)N)c2ccccc2n1. The molecule has 1 aromatic carbocycles. The molecule has 0 aliphatic rings. The van der Waals surface area contributed by atoms with Gasteiger partial charge < -0.3 is 11.1 Å². The van der Waals surface area contributed by atoms with Gasteiger partial charge in [-0.25, -0.2) is 0 Å². The molecule has 0 fully saturated rings. The third-order valence-electron chi connectivity index (χ3n) is 3.30. The van der Waals surface area contributed by atoms with Crippen LogP contribution in [0.15, 0.2) is 30.3 Å². The first-order valence-electron chi connectivity index (χ1n) is 6.42. The number of pyridine rings is 1. The van der Waals surface area contributed by atoms with Gasteiger partial charge in [-0.3, -0.25) is 9.78 Å². The van der Waals surface area contributed by atoms with E-state index in [-0.39, 0.29) is 17.9 Å². The molecule has 2 unspecified atom stereocenters. The highest BCUT2D eigenvalue weighted by molar-refractivity contribution is 6.01. The van der Waals surface area contributed by atoms with E-state index in [1.165, 1.54) is 0 Å². The monoisotopic (exact) mass is 257 g/mol. The Morgan fingerprint density at radius 1 is 1.32 bits per heavy atom. The van der Waals surface area contributed by atoms with Crippen LogP contribution in [0.2, 0.25) is 0 Å². The predicted octanol–water partition coefficient (Wildman–Crippen LogP) is 2.47. The second-order valence-corrected chi connectivity index (χ2v) is 4.97. The number of hydrogen-bond acceptors (Lipinski definition) is 3. The van der Waals surface area contributed by atoms with Gasteiger partial charge in [0.15, 0.2) is 0 Å². The third-order valence-corrected chi connectivity index (χ3v) is 3.30. The Bertz CT molecular complexity index is 607. The Labute approximate surface area is 113 Å². The zero-order valence-corrected chi connectivity index (χ0v) is 11.5. The average Bonchev–Trinajstić information content (AvgIpc) is 2.37. The van der Waals surface area contributed by atoms with Gasteiger partial charge in [0.05, 0.1) is 17.1 Å². The van der Waals surface area contributed by atoms with Crippen LogP contribution in [-0.2, 0) is 4.79 Å². The van der Waals surface area contributed by atoms with Crippen LogP contribution in [0.25, 0.3) is 10.9 Å². The quantitative estimate of drug-likeness (QED) is 0.887. The molecule has 100 valence electrons. The topological polar surface area (TPSA) is 68.0 Å². The number of nitrogens with two attached hydrogens (primary N) is 1. The van der Waals surface area contributed by atoms with E-state index in [0.717, 1.165) is 22.3 Å². The van der Waals surface area contributed by atoms with Crippen molar-refractivity contribution in [1.29, 1.82) is 0 Å². The van der Waals surface area contributed by atoms with Crippen LogP contribution in [0, 0.1) is 12.8 Å². The zero-order chi connectivity index (χ0) is 14.0. The third kappa shape index (κ3) is 2.90. The molecule has 0 saturated carbocycles. The zero-order valence-electron chi connectivity index (χ0n) is 11.5. The van der Waals surface area contributed by atoms with E-state index < -0.39 is 0 Å². The van der Waals surface area contributed by atoms with E-state index in [2.05, 4.69) is 10.3 Å². The summed E-state index contributed by atoms with van der Waals surface area (Å²) >= 11 is 0. The second-order valence-electron chi connectivity index (χ2n) is 4.97. The molecule has 2 atom stereocenters. The Hall–Kier alpha value is -1.94. The van der Waals surface area contributed by atoms with Crippen LogP contribution in [0.4, 0.5) is 5.69 Å². The van der Waals surface area contributed by atoms with Gasteiger partial charge in [-0.15, -0.1) is 0 Å². The van der Waals surface area contributed by atoms with Gasteiger partial charge in [0, 0.05) is 17.1 Å². The van der Waals surface area contributed by atoms with Crippen molar-refractivity contribution in [3.63, 3.8) is 0 Å². The summed E-state index contributed by atoms with van der Waals surface area (Å²) in [7, 11) is 0. The highest BCUT2D eigenvalue weighted by Gasteiger charge is 2.18. The smallest absolute Gasteiger partial charge is 0.228 e. The van der Waals surface area contributed by atoms with Crippen molar-refractivity contribution in [1.82, 2.24) is 4.98 Å². The maximum atomic E-state index is 12.1. The molecule has 3 N–H and O–H groups in total. The summed E-state index contributed by atoms with van der Waals surface area (Å²) in [4.78, 5) is 16.5. The molecule has 1 heterocycles. The highest BCUT2D eigenvalue weighted by atomic mass is 16.1. The maximum absolute atomic E-state index is 12.1. The summed E-state index contributed by atoms with van der Waals surface area (Å²) < 4.78 is 0. The molecule has 0 aliphatic heterocycles. The van der Waals surface area contributed by atoms with Crippen LogP contribution in [-0.4, -0.2) is 16.9 Å². The van der Waals surface area contributed by atoms with Crippen molar-refractivity contribution < 1.29 is 4.79 Å². The molecule has 1 aromatic heterocycles. The number of fused-ring (bicyclic) bond motifs is 1. The molecule has 2 rings (SSSR count). The first kappa shape index (κ1) is 13.5. The number of aromatic nitrogens is 1. The van der Waals surface area contributed by atoms with E-state index in [1.54, 1.807) is 0 Å². The summed E-state index contributed by atoms with van der Waals surface area (Å²) in [6, 6.07) is 9.47. The molecule has 2 aromatic rings. The van der Waals surface area contributed by atoms with Crippen molar-refractivity contribution in [2.75, 3.05) is 5.32 Å². The number of carbonyl (C=O) groups excluding carboxylic acids is 1. The van der Waals surface area contributed by atoms with Gasteiger partial charge in [0.1, 0.15) is 0 Å². The van der Waals surface area contributed by atoms with Crippen LogP contribution >= 0.6 is 0 Å². The molecular formula is C15H19N3O. The number of nitrogens with one attached hydrogen (secondary N) is 1. The normalized spacial score (nSPS) is 14.1. The molecule has 0 saturated heterocycles. The molecule has 19 heavy (non-hydrogen) atoms. The fourth-order valence-electron chi connectivity index (χ4n) is 1.90. The van der Waals surface area contributed by atoms with Gasteiger partial charge in [0.2, 0.25) is 5.91 Å². The number of rotatable bonds is 3. The minimum Gasteiger partial charge on any atom is -0.327 e. The Balaban J connectivity index is 2.37. The van der Waals surface area contributed by atoms with Crippen molar-refractivity contribution in [3.8, 4) is 0 Å². The van der Waals surface area contributed by atoms with Gasteiger partial charge in [-0.1, -0.05) is 25.1 Å². The van der Waals surface area contributed by atoms with Crippen LogP contribution < -0.4 is 11.1 Å². The second kappa shape index (κ2) is 5.36. The summed E-state index contributed by atoms with van der Waals surface area (Å²) in [6.07, 6.45) is 0. The van der Waals surface area contributed by atoms with E-state index in [4.69, 9.17) is 5.73 Å². The number of benzene rings is 1. The van der Waals surface area contributed by atoms with Gasteiger partial charge in [-0.05, 0) is 26.0 Å². The molecule has 1 amide bonds. The molecule has 4 nitrogen and oxygen atoms in total. The molecule has 0 spiro atoms. The molecule has 0 aliphatic carbocycles. The van der Waals surface area contributed by atoms with Crippen molar-refractivity contribution in [3.05, 3.63) is 36.0 Å². The van der Waals surface area contributed by atoms with Crippen molar-refractivity contribution >= 4 is 22.5 Å². The Morgan fingerprint density at radius 3 is 2.68 bits per heavy atom. The minimum absolute atomic E-state index is 0.0641. The number of nitrogens with zero attached hydrogens (tertiary/aromatic N) is 1. The summed E-state index contributed by atoms with van der Waals surface area (Å²) in [5, 5.41) is 3.89. The fourth-order valence-corrected chi connectivity index (χ4v) is 1.90. The molecule has 4 heteroatoms. The number of carbonyl (C=O) groups is 1. The lowest BCUT2D eigenvalue weighted by atomic mass is 10.0. The number of para-hydroxylation sites is 1. The lowest BCUT2D eigenvalue weighted by Crippen LogP contribution is -2.34. The molecular weight excluding hydrogens is 238 g/mol. The average molecular weight is 257 g/mol. The number of hydrogen-bond donors (Lipinski definition) is 2. The van der Waals surface area contributed by atoms with Crippen LogP contribution in [0.1, 0.15) is 19.5 Å². The first-order chi connectivity index (χ1) is 8.99. The first-order valence-corrected chi connectivity index (χ1v) is 6.42. The molecule has 0 bridgehead atoms. The number of amides is 1. The summed E-state index contributed by atoms with van der Waals surface area (Å²) in [6.45, 7) is 5.58. The fraction of sp³-hybridized carbons (Fsp3) is 0.333. The van der Waals surface area contributed by atoms with Crippen LogP contribution in [0.5, 0.6) is 0 Å². The van der Waals surface area contributed by atoms with Gasteiger partial charge in [-0.2, -0.15) is 0 Å². The van der Waals surface area contributed by atoms with E-state index in [9.17, 15) is 4.79 Å². The Kier molecular flexibility index (Phi) is 3.81. The minimum atomic E-state index is -0.229. The summed E-state index contributed by atoms with van der Waals surface area (Å²) in [5.74, 6) is -0.294. The maximum Gasteiger partial charge on any atom is 0.228 e. The largest absolute Gasteiger partial charge is 0.327 e. The van der Waals surface area contributed by atoms with E-state index in [0.29, 0.717) is 0 Å². The highest BCUT2D eigenvalue weighted by Crippen LogP contribution is 2.23. The summed E-state index contributed by atoms with van der Waals surface area (Å²) in [5.41, 5.74) is 8.31. The Morgan fingerprint density at radius 2 is 2.00 bits per heavy atom. The van der Waals surface area contributed by atoms with Crippen LogP contribution in [0.3, 0.4) is 0 Å². The lowest BCUT2D eigenvalue weighted by Gasteiger charge is -2.16. The number of aryl methyl sites for hydroxylation is 1. The van der Waals surface area contributed by atoms with E-state index in [1.807, 2.05) is 51.1 Å². The van der Waals surface area contributed by atoms with E-state index >= 15 is 0 Å². The molecule has 0 radical (unpaired) electrons. The van der Waals surface area contributed by atoms with Crippen molar-refractivity contribution in [2.45, 2.75) is 26.8 Å².